The minimum atomic E-state index is -0.535. The van der Waals surface area contributed by atoms with Crippen molar-refractivity contribution in [2.75, 3.05) is 23.9 Å². The van der Waals surface area contributed by atoms with Crippen molar-refractivity contribution in [3.8, 4) is 0 Å². The second-order valence-corrected chi connectivity index (χ2v) is 5.47. The van der Waals surface area contributed by atoms with Gasteiger partial charge in [0.2, 0.25) is 0 Å². The molecule has 0 aliphatic carbocycles. The molecule has 1 unspecified atom stereocenters. The molecule has 0 bridgehead atoms. The molecule has 0 aliphatic heterocycles. The van der Waals surface area contributed by atoms with Gasteiger partial charge in [0.1, 0.15) is 0 Å². The number of carbonyl (C=O) groups is 1. The number of primary amides is 1. The predicted molar refractivity (Wildman–Crippen MR) is 83.7 cm³/mol. The first-order valence-electron chi connectivity index (χ1n) is 6.52. The van der Waals surface area contributed by atoms with E-state index in [-0.39, 0.29) is 0 Å². The third-order valence-corrected chi connectivity index (χ3v) is 3.60. The van der Waals surface area contributed by atoms with E-state index in [0.717, 1.165) is 12.2 Å². The smallest absolute Gasteiger partial charge is 0.316 e. The molecule has 0 fully saturated rings. The van der Waals surface area contributed by atoms with Gasteiger partial charge in [-0.1, -0.05) is 12.1 Å². The number of rotatable bonds is 8. The summed E-state index contributed by atoms with van der Waals surface area (Å²) in [6.07, 6.45) is 4.59. The van der Waals surface area contributed by atoms with Gasteiger partial charge in [0.15, 0.2) is 0 Å². The molecule has 0 radical (unpaired) electrons. The molecule has 0 spiro atoms. The number of unbranched alkanes of at least 4 members (excludes halogenated alkanes) is 1. The summed E-state index contributed by atoms with van der Waals surface area (Å²) in [6.45, 7) is 3.17. The van der Waals surface area contributed by atoms with Gasteiger partial charge in [-0.2, -0.15) is 11.8 Å². The van der Waals surface area contributed by atoms with Gasteiger partial charge < -0.3 is 16.4 Å². The van der Waals surface area contributed by atoms with Crippen molar-refractivity contribution in [1.82, 2.24) is 5.32 Å². The van der Waals surface area contributed by atoms with Gasteiger partial charge in [-0.25, -0.2) is 4.79 Å². The van der Waals surface area contributed by atoms with Crippen LogP contribution >= 0.6 is 11.8 Å². The Labute approximate surface area is 119 Å². The molecule has 1 aromatic rings. The first-order valence-corrected chi connectivity index (χ1v) is 7.91. The summed E-state index contributed by atoms with van der Waals surface area (Å²) in [5, 5.41) is 6.05. The second-order valence-electron chi connectivity index (χ2n) is 4.49. The number of nitrogens with one attached hydrogen (secondary N) is 2. The molecule has 0 aromatic heterocycles. The zero-order valence-electron chi connectivity index (χ0n) is 11.6. The Morgan fingerprint density at radius 3 is 2.58 bits per heavy atom. The molecule has 4 N–H and O–H groups in total. The highest BCUT2D eigenvalue weighted by Crippen LogP contribution is 2.16. The van der Waals surface area contributed by atoms with Crippen LogP contribution in [0.3, 0.4) is 0 Å². The second kappa shape index (κ2) is 8.82. The van der Waals surface area contributed by atoms with E-state index in [1.807, 2.05) is 36.0 Å². The number of nitrogens with two attached hydrogens (primary N) is 1. The van der Waals surface area contributed by atoms with E-state index >= 15 is 0 Å². The Bertz CT molecular complexity index is 381. The molecule has 106 valence electrons. The van der Waals surface area contributed by atoms with Crippen molar-refractivity contribution in [3.63, 3.8) is 0 Å². The molecule has 1 rings (SSSR count). The third kappa shape index (κ3) is 6.50. The summed E-state index contributed by atoms with van der Waals surface area (Å²) in [7, 11) is 0. The molecule has 1 aromatic carbocycles. The summed E-state index contributed by atoms with van der Waals surface area (Å²) in [5.41, 5.74) is 7.00. The number of amides is 2. The highest BCUT2D eigenvalue weighted by Gasteiger charge is 2.04. The summed E-state index contributed by atoms with van der Waals surface area (Å²) >= 11 is 1.89. The molecule has 0 saturated carbocycles. The lowest BCUT2D eigenvalue weighted by molar-refractivity contribution is 0.259. The van der Waals surface area contributed by atoms with Gasteiger partial charge in [0.25, 0.3) is 0 Å². The number of anilines is 1. The third-order valence-electron chi connectivity index (χ3n) is 2.90. The molecule has 1 atom stereocenters. The summed E-state index contributed by atoms with van der Waals surface area (Å²) in [5.74, 6) is 1.23. The summed E-state index contributed by atoms with van der Waals surface area (Å²) in [4.78, 5) is 10.7. The Balaban J connectivity index is 2.35. The lowest BCUT2D eigenvalue weighted by atomic mass is 10.1. The molecule has 0 aliphatic rings. The number of hydrogen-bond acceptors (Lipinski definition) is 3. The molecular weight excluding hydrogens is 258 g/mol. The van der Waals surface area contributed by atoms with E-state index in [4.69, 9.17) is 5.73 Å². The van der Waals surface area contributed by atoms with Crippen LogP contribution in [0, 0.1) is 0 Å². The lowest BCUT2D eigenvalue weighted by Crippen LogP contribution is -2.21. The van der Waals surface area contributed by atoms with Crippen molar-refractivity contribution in [3.05, 3.63) is 29.8 Å². The van der Waals surface area contributed by atoms with E-state index in [9.17, 15) is 4.79 Å². The van der Waals surface area contributed by atoms with Crippen LogP contribution in [0.2, 0.25) is 0 Å². The standard InChI is InChI=1S/C14H23N3OS/c1-11(16-9-3-4-10-19-2)12-5-7-13(8-6-12)17-14(15)18/h5-8,11,16H,3-4,9-10H2,1-2H3,(H3,15,17,18). The zero-order valence-corrected chi connectivity index (χ0v) is 12.4. The van der Waals surface area contributed by atoms with Crippen LogP contribution in [-0.2, 0) is 0 Å². The maximum atomic E-state index is 10.7. The first kappa shape index (κ1) is 15.9. The SMILES string of the molecule is CSCCCCNC(C)c1ccc(NC(N)=O)cc1. The predicted octanol–water partition coefficient (Wildman–Crippen LogP) is 2.97. The average Bonchev–Trinajstić information content (AvgIpc) is 2.38. The van der Waals surface area contributed by atoms with Crippen LogP contribution in [-0.4, -0.2) is 24.6 Å². The highest BCUT2D eigenvalue weighted by molar-refractivity contribution is 7.98. The van der Waals surface area contributed by atoms with Gasteiger partial charge in [-0.05, 0) is 56.0 Å². The number of benzene rings is 1. The fourth-order valence-electron chi connectivity index (χ4n) is 1.81. The maximum Gasteiger partial charge on any atom is 0.316 e. The maximum absolute atomic E-state index is 10.7. The van der Waals surface area contributed by atoms with E-state index in [2.05, 4.69) is 23.8 Å². The first-order chi connectivity index (χ1) is 9.13. The minimum absolute atomic E-state index is 0.317. The van der Waals surface area contributed by atoms with E-state index < -0.39 is 6.03 Å². The van der Waals surface area contributed by atoms with Crippen molar-refractivity contribution in [2.45, 2.75) is 25.8 Å². The zero-order chi connectivity index (χ0) is 14.1. The van der Waals surface area contributed by atoms with Crippen molar-refractivity contribution in [1.29, 1.82) is 0 Å². The van der Waals surface area contributed by atoms with Crippen LogP contribution in [0.1, 0.15) is 31.4 Å². The quantitative estimate of drug-likeness (QED) is 0.642. The summed E-state index contributed by atoms with van der Waals surface area (Å²) < 4.78 is 0. The molecule has 0 saturated heterocycles. The molecule has 5 heteroatoms. The fourth-order valence-corrected chi connectivity index (χ4v) is 2.30. The number of hydrogen-bond donors (Lipinski definition) is 3. The topological polar surface area (TPSA) is 67.2 Å². The minimum Gasteiger partial charge on any atom is -0.351 e. The Hall–Kier alpha value is -1.20. The molecule has 4 nitrogen and oxygen atoms in total. The average molecular weight is 281 g/mol. The monoisotopic (exact) mass is 281 g/mol. The van der Waals surface area contributed by atoms with Gasteiger partial charge in [0.05, 0.1) is 0 Å². The van der Waals surface area contributed by atoms with E-state index in [1.54, 1.807) is 0 Å². The highest BCUT2D eigenvalue weighted by atomic mass is 32.2. The molecule has 19 heavy (non-hydrogen) atoms. The van der Waals surface area contributed by atoms with E-state index in [0.29, 0.717) is 6.04 Å². The fraction of sp³-hybridized carbons (Fsp3) is 0.500. The van der Waals surface area contributed by atoms with Gasteiger partial charge in [-0.15, -0.1) is 0 Å². The number of carbonyl (C=O) groups excluding carboxylic acids is 1. The van der Waals surface area contributed by atoms with Crippen LogP contribution < -0.4 is 16.4 Å². The van der Waals surface area contributed by atoms with Crippen LogP contribution in [0.25, 0.3) is 0 Å². The van der Waals surface area contributed by atoms with Crippen molar-refractivity contribution >= 4 is 23.5 Å². The van der Waals surface area contributed by atoms with Crippen LogP contribution in [0.15, 0.2) is 24.3 Å². The van der Waals surface area contributed by atoms with Crippen molar-refractivity contribution < 1.29 is 4.79 Å². The van der Waals surface area contributed by atoms with Gasteiger partial charge >= 0.3 is 6.03 Å². The number of urea groups is 1. The van der Waals surface area contributed by atoms with Gasteiger partial charge in [-0.3, -0.25) is 0 Å². The Morgan fingerprint density at radius 2 is 2.00 bits per heavy atom. The Kier molecular flexibility index (Phi) is 7.36. The van der Waals surface area contributed by atoms with Crippen LogP contribution in [0.4, 0.5) is 10.5 Å². The van der Waals surface area contributed by atoms with Gasteiger partial charge in [0, 0.05) is 11.7 Å². The largest absolute Gasteiger partial charge is 0.351 e. The van der Waals surface area contributed by atoms with Crippen molar-refractivity contribution in [2.24, 2.45) is 5.73 Å². The normalized spacial score (nSPS) is 12.1. The van der Waals surface area contributed by atoms with E-state index in [1.165, 1.54) is 24.2 Å². The Morgan fingerprint density at radius 1 is 1.32 bits per heavy atom. The lowest BCUT2D eigenvalue weighted by Gasteiger charge is -2.14. The molecule has 0 heterocycles. The molecule has 2 amide bonds. The van der Waals surface area contributed by atoms with Crippen LogP contribution in [0.5, 0.6) is 0 Å². The summed E-state index contributed by atoms with van der Waals surface area (Å²) in [6, 6.07) is 7.53. The molecular formula is C14H23N3OS. The number of thioether (sulfide) groups is 1.